The minimum Gasteiger partial charge on any atom is -0.389 e. The lowest BCUT2D eigenvalue weighted by molar-refractivity contribution is 0.111. The Kier molecular flexibility index (Phi) is 5.67. The zero-order valence-electron chi connectivity index (χ0n) is 12.6. The Morgan fingerprint density at radius 1 is 1.52 bits per heavy atom. The third-order valence-corrected chi connectivity index (χ3v) is 4.39. The maximum atomic E-state index is 13.4. The Balaban J connectivity index is 2.16. The zero-order valence-corrected chi connectivity index (χ0v) is 13.5. The lowest BCUT2D eigenvalue weighted by Gasteiger charge is -2.29. The van der Waals surface area contributed by atoms with E-state index in [1.807, 2.05) is 0 Å². The van der Waals surface area contributed by atoms with Gasteiger partial charge in [-0.2, -0.15) is 0 Å². The molecule has 1 aliphatic rings. The van der Waals surface area contributed by atoms with E-state index in [9.17, 15) is 4.39 Å². The first-order chi connectivity index (χ1) is 10.0. The summed E-state index contributed by atoms with van der Waals surface area (Å²) < 4.78 is 18.6. The molecule has 5 heteroatoms. The fourth-order valence-electron chi connectivity index (χ4n) is 2.65. The maximum Gasteiger partial charge on any atom is 0.123 e. The molecular formula is C16H23FN2OS. The molecule has 1 saturated carbocycles. The van der Waals surface area contributed by atoms with Crippen LogP contribution in [0.4, 0.5) is 4.39 Å². The van der Waals surface area contributed by atoms with Gasteiger partial charge in [-0.3, -0.25) is 4.90 Å². The van der Waals surface area contributed by atoms with E-state index in [-0.39, 0.29) is 10.8 Å². The molecule has 0 bridgehead atoms. The molecule has 0 saturated heterocycles. The van der Waals surface area contributed by atoms with Crippen LogP contribution < -0.4 is 5.73 Å². The van der Waals surface area contributed by atoms with Gasteiger partial charge in [0.1, 0.15) is 10.8 Å². The molecule has 1 unspecified atom stereocenters. The summed E-state index contributed by atoms with van der Waals surface area (Å²) in [6, 6.07) is 5.16. The van der Waals surface area contributed by atoms with Crippen LogP contribution in [0.1, 0.15) is 30.9 Å². The molecular weight excluding hydrogens is 287 g/mol. The first kappa shape index (κ1) is 16.3. The van der Waals surface area contributed by atoms with Gasteiger partial charge in [-0.05, 0) is 43.4 Å². The minimum atomic E-state index is -0.305. The van der Waals surface area contributed by atoms with Crippen molar-refractivity contribution in [2.24, 2.45) is 11.7 Å². The quantitative estimate of drug-likeness (QED) is 0.749. The highest BCUT2D eigenvalue weighted by Crippen LogP contribution is 2.35. The van der Waals surface area contributed by atoms with E-state index in [2.05, 4.69) is 11.8 Å². The van der Waals surface area contributed by atoms with E-state index < -0.39 is 0 Å². The van der Waals surface area contributed by atoms with Gasteiger partial charge in [-0.25, -0.2) is 4.39 Å². The van der Waals surface area contributed by atoms with Gasteiger partial charge in [0.2, 0.25) is 0 Å². The Bertz CT molecular complexity index is 505. The molecule has 3 nitrogen and oxygen atoms in total. The molecule has 1 fully saturated rings. The highest BCUT2D eigenvalue weighted by Gasteiger charge is 2.32. The molecule has 1 aromatic rings. The summed E-state index contributed by atoms with van der Waals surface area (Å²) >= 11 is 5.05. The predicted molar refractivity (Wildman–Crippen MR) is 86.8 cm³/mol. The number of thiocarbonyl (C=S) groups is 1. The van der Waals surface area contributed by atoms with Crippen LogP contribution >= 0.6 is 12.2 Å². The SMILES string of the molecule is COCCN(Cc1ccc(F)cc1C(N)=S)C(C)C1CC1. The van der Waals surface area contributed by atoms with Crippen LogP contribution in [0.3, 0.4) is 0 Å². The van der Waals surface area contributed by atoms with Crippen molar-refractivity contribution in [2.45, 2.75) is 32.4 Å². The van der Waals surface area contributed by atoms with Gasteiger partial charge in [-0.1, -0.05) is 18.3 Å². The number of halogens is 1. The number of benzene rings is 1. The van der Waals surface area contributed by atoms with Crippen LogP contribution in [0, 0.1) is 11.7 Å². The van der Waals surface area contributed by atoms with Crippen LogP contribution in [-0.4, -0.2) is 36.2 Å². The highest BCUT2D eigenvalue weighted by molar-refractivity contribution is 7.80. The van der Waals surface area contributed by atoms with Gasteiger partial charge in [-0.15, -0.1) is 0 Å². The van der Waals surface area contributed by atoms with Crippen molar-refractivity contribution in [3.63, 3.8) is 0 Å². The minimum absolute atomic E-state index is 0.246. The Morgan fingerprint density at radius 2 is 2.24 bits per heavy atom. The number of methoxy groups -OCH3 is 1. The molecule has 2 N–H and O–H groups in total. The standard InChI is InChI=1S/C16H23FN2OS/c1-11(12-3-4-12)19(7-8-20-2)10-13-5-6-14(17)9-15(13)16(18)21/h5-6,9,11-12H,3-4,7-8,10H2,1-2H3,(H2,18,21). The summed E-state index contributed by atoms with van der Waals surface area (Å²) in [7, 11) is 1.71. The Hall–Kier alpha value is -1.04. The van der Waals surface area contributed by atoms with E-state index in [0.717, 1.165) is 18.0 Å². The number of ether oxygens (including phenoxy) is 1. The lowest BCUT2D eigenvalue weighted by Crippen LogP contribution is -2.37. The second-order valence-electron chi connectivity index (χ2n) is 5.71. The Morgan fingerprint density at radius 3 is 2.81 bits per heavy atom. The van der Waals surface area contributed by atoms with E-state index in [1.165, 1.54) is 25.0 Å². The molecule has 21 heavy (non-hydrogen) atoms. The monoisotopic (exact) mass is 310 g/mol. The molecule has 1 atom stereocenters. The molecule has 0 heterocycles. The van der Waals surface area contributed by atoms with Crippen molar-refractivity contribution in [1.29, 1.82) is 0 Å². The summed E-state index contributed by atoms with van der Waals surface area (Å²) in [6.45, 7) is 4.49. The second kappa shape index (κ2) is 7.29. The Labute approximate surface area is 131 Å². The number of hydrogen-bond donors (Lipinski definition) is 1. The van der Waals surface area contributed by atoms with E-state index in [1.54, 1.807) is 13.2 Å². The van der Waals surface area contributed by atoms with Crippen molar-refractivity contribution in [3.05, 3.63) is 35.1 Å². The largest absolute Gasteiger partial charge is 0.389 e. The number of rotatable bonds is 8. The van der Waals surface area contributed by atoms with E-state index >= 15 is 0 Å². The molecule has 116 valence electrons. The highest BCUT2D eigenvalue weighted by atomic mass is 32.1. The van der Waals surface area contributed by atoms with Gasteiger partial charge in [0.15, 0.2) is 0 Å². The molecule has 1 aliphatic carbocycles. The average molecular weight is 310 g/mol. The lowest BCUT2D eigenvalue weighted by atomic mass is 10.0. The molecule has 1 aromatic carbocycles. The van der Waals surface area contributed by atoms with Crippen LogP contribution in [-0.2, 0) is 11.3 Å². The van der Waals surface area contributed by atoms with Crippen molar-refractivity contribution in [1.82, 2.24) is 4.90 Å². The molecule has 0 aliphatic heterocycles. The fourth-order valence-corrected chi connectivity index (χ4v) is 2.84. The first-order valence-electron chi connectivity index (χ1n) is 7.34. The van der Waals surface area contributed by atoms with Gasteiger partial charge < -0.3 is 10.5 Å². The predicted octanol–water partition coefficient (Wildman–Crippen LogP) is 2.71. The molecule has 0 radical (unpaired) electrons. The summed E-state index contributed by atoms with van der Waals surface area (Å²) in [5.41, 5.74) is 7.34. The smallest absolute Gasteiger partial charge is 0.123 e. The third-order valence-electron chi connectivity index (χ3n) is 4.17. The summed E-state index contributed by atoms with van der Waals surface area (Å²) in [5.74, 6) is 0.454. The number of nitrogens with zero attached hydrogens (tertiary/aromatic N) is 1. The molecule has 0 spiro atoms. The van der Waals surface area contributed by atoms with Crippen LogP contribution in [0.25, 0.3) is 0 Å². The normalized spacial score (nSPS) is 16.2. The van der Waals surface area contributed by atoms with Crippen molar-refractivity contribution >= 4 is 17.2 Å². The number of nitrogens with two attached hydrogens (primary N) is 1. The molecule has 0 amide bonds. The zero-order chi connectivity index (χ0) is 15.4. The first-order valence-corrected chi connectivity index (χ1v) is 7.75. The molecule has 2 rings (SSSR count). The van der Waals surface area contributed by atoms with Gasteiger partial charge in [0.05, 0.1) is 6.61 Å². The van der Waals surface area contributed by atoms with Gasteiger partial charge in [0, 0.05) is 31.8 Å². The maximum absolute atomic E-state index is 13.4. The topological polar surface area (TPSA) is 38.5 Å². The van der Waals surface area contributed by atoms with Crippen LogP contribution in [0.2, 0.25) is 0 Å². The summed E-state index contributed by atoms with van der Waals surface area (Å²) in [5, 5.41) is 0. The molecule has 0 aromatic heterocycles. The van der Waals surface area contributed by atoms with Crippen molar-refractivity contribution in [3.8, 4) is 0 Å². The van der Waals surface area contributed by atoms with Crippen molar-refractivity contribution in [2.75, 3.05) is 20.3 Å². The number of hydrogen-bond acceptors (Lipinski definition) is 3. The van der Waals surface area contributed by atoms with Crippen LogP contribution in [0.15, 0.2) is 18.2 Å². The average Bonchev–Trinajstić information content (AvgIpc) is 3.28. The van der Waals surface area contributed by atoms with Gasteiger partial charge in [0.25, 0.3) is 0 Å². The second-order valence-corrected chi connectivity index (χ2v) is 6.15. The van der Waals surface area contributed by atoms with Crippen LogP contribution in [0.5, 0.6) is 0 Å². The summed E-state index contributed by atoms with van der Waals surface area (Å²) in [6.07, 6.45) is 2.58. The van der Waals surface area contributed by atoms with Crippen molar-refractivity contribution < 1.29 is 9.13 Å². The van der Waals surface area contributed by atoms with E-state index in [0.29, 0.717) is 24.8 Å². The third kappa shape index (κ3) is 4.46. The van der Waals surface area contributed by atoms with Gasteiger partial charge >= 0.3 is 0 Å². The van der Waals surface area contributed by atoms with E-state index in [4.69, 9.17) is 22.7 Å². The summed E-state index contributed by atoms with van der Waals surface area (Å²) in [4.78, 5) is 2.62. The fraction of sp³-hybridized carbons (Fsp3) is 0.562.